The largest absolute Gasteiger partial charge is 0.497 e. The molecule has 0 spiro atoms. The van der Waals surface area contributed by atoms with E-state index in [1.54, 1.807) is 14.0 Å². The van der Waals surface area contributed by atoms with E-state index in [0.717, 1.165) is 21.3 Å². The summed E-state index contributed by atoms with van der Waals surface area (Å²) in [7, 11) is 1.65. The van der Waals surface area contributed by atoms with Gasteiger partial charge in [0.25, 0.3) is 0 Å². The van der Waals surface area contributed by atoms with Crippen molar-refractivity contribution in [3.63, 3.8) is 0 Å². The summed E-state index contributed by atoms with van der Waals surface area (Å²) in [4.78, 5) is 11.2. The molecule has 4 heteroatoms. The molecular formula is C14H14BrNO2. The lowest BCUT2D eigenvalue weighted by atomic mass is 10.2. The van der Waals surface area contributed by atoms with Crippen molar-refractivity contribution >= 4 is 21.7 Å². The van der Waals surface area contributed by atoms with Crippen LogP contribution in [-0.2, 0) is 6.54 Å². The van der Waals surface area contributed by atoms with Crippen molar-refractivity contribution in [2.45, 2.75) is 13.5 Å². The van der Waals surface area contributed by atoms with Gasteiger partial charge in [0.2, 0.25) is 0 Å². The van der Waals surface area contributed by atoms with Gasteiger partial charge >= 0.3 is 0 Å². The van der Waals surface area contributed by atoms with Crippen molar-refractivity contribution in [1.82, 2.24) is 4.57 Å². The van der Waals surface area contributed by atoms with Crippen LogP contribution in [0.25, 0.3) is 0 Å². The Morgan fingerprint density at radius 3 is 2.78 bits per heavy atom. The predicted octanol–water partition coefficient (Wildman–Crippen LogP) is 3.51. The Morgan fingerprint density at radius 2 is 2.17 bits per heavy atom. The lowest BCUT2D eigenvalue weighted by Crippen LogP contribution is -1.98. The summed E-state index contributed by atoms with van der Waals surface area (Å²) in [6.07, 6.45) is 3.76. The van der Waals surface area contributed by atoms with E-state index in [4.69, 9.17) is 4.74 Å². The summed E-state index contributed by atoms with van der Waals surface area (Å²) in [5.41, 5.74) is 1.84. The highest BCUT2D eigenvalue weighted by Crippen LogP contribution is 2.23. The van der Waals surface area contributed by atoms with E-state index in [2.05, 4.69) is 15.9 Å². The molecule has 0 amide bonds. The maximum absolute atomic E-state index is 11.2. The smallest absolute Gasteiger partial charge is 0.161 e. The number of hydrogen-bond donors (Lipinski definition) is 0. The minimum Gasteiger partial charge on any atom is -0.497 e. The van der Waals surface area contributed by atoms with Crippen molar-refractivity contribution in [2.24, 2.45) is 0 Å². The Hall–Kier alpha value is -1.55. The average Bonchev–Trinajstić information content (AvgIpc) is 2.81. The second kappa shape index (κ2) is 5.40. The monoisotopic (exact) mass is 307 g/mol. The molecule has 0 saturated heterocycles. The predicted molar refractivity (Wildman–Crippen MR) is 74.2 cm³/mol. The molecule has 1 heterocycles. The van der Waals surface area contributed by atoms with E-state index >= 15 is 0 Å². The van der Waals surface area contributed by atoms with E-state index in [1.165, 1.54) is 0 Å². The molecule has 0 unspecified atom stereocenters. The molecule has 0 N–H and O–H groups in total. The number of hydrogen-bond acceptors (Lipinski definition) is 2. The molecule has 0 saturated carbocycles. The third-order valence-electron chi connectivity index (χ3n) is 2.76. The van der Waals surface area contributed by atoms with Crippen LogP contribution in [0.3, 0.4) is 0 Å². The molecule has 2 aromatic rings. The van der Waals surface area contributed by atoms with Crippen LogP contribution in [0.2, 0.25) is 0 Å². The molecule has 94 valence electrons. The SMILES string of the molecule is COc1ccc(Br)c(Cn2ccc(C(C)=O)c2)c1. The summed E-state index contributed by atoms with van der Waals surface area (Å²) in [5.74, 6) is 0.908. The Kier molecular flexibility index (Phi) is 3.87. The number of carbonyl (C=O) groups is 1. The van der Waals surface area contributed by atoms with Crippen molar-refractivity contribution in [2.75, 3.05) is 7.11 Å². The normalized spacial score (nSPS) is 10.4. The number of benzene rings is 1. The molecule has 0 bridgehead atoms. The van der Waals surface area contributed by atoms with E-state index in [1.807, 2.05) is 41.2 Å². The van der Waals surface area contributed by atoms with Crippen LogP contribution in [0.15, 0.2) is 41.1 Å². The van der Waals surface area contributed by atoms with Crippen molar-refractivity contribution in [3.05, 3.63) is 52.3 Å². The zero-order chi connectivity index (χ0) is 13.1. The maximum Gasteiger partial charge on any atom is 0.161 e. The highest BCUT2D eigenvalue weighted by atomic mass is 79.9. The second-order valence-corrected chi connectivity index (χ2v) is 4.94. The first-order valence-corrected chi connectivity index (χ1v) is 6.38. The van der Waals surface area contributed by atoms with Crippen LogP contribution in [0.4, 0.5) is 0 Å². The Bertz CT molecular complexity index is 575. The van der Waals surface area contributed by atoms with Crippen LogP contribution in [0, 0.1) is 0 Å². The van der Waals surface area contributed by atoms with E-state index < -0.39 is 0 Å². The second-order valence-electron chi connectivity index (χ2n) is 4.09. The molecule has 3 nitrogen and oxygen atoms in total. The quantitative estimate of drug-likeness (QED) is 0.809. The van der Waals surface area contributed by atoms with Crippen molar-refractivity contribution in [1.29, 1.82) is 0 Å². The van der Waals surface area contributed by atoms with Crippen molar-refractivity contribution in [3.8, 4) is 5.75 Å². The Balaban J connectivity index is 2.24. The van der Waals surface area contributed by atoms with Gasteiger partial charge in [0.15, 0.2) is 5.78 Å². The number of ether oxygens (including phenoxy) is 1. The van der Waals surface area contributed by atoms with E-state index in [0.29, 0.717) is 6.54 Å². The number of rotatable bonds is 4. The first kappa shape index (κ1) is 12.9. The van der Waals surface area contributed by atoms with Gasteiger partial charge in [-0.25, -0.2) is 0 Å². The van der Waals surface area contributed by atoms with Crippen molar-refractivity contribution < 1.29 is 9.53 Å². The fraction of sp³-hybridized carbons (Fsp3) is 0.214. The van der Waals surface area contributed by atoms with Crippen LogP contribution in [0.1, 0.15) is 22.8 Å². The number of Topliss-reactive ketones (excluding diaryl/α,β-unsaturated/α-hetero) is 1. The Labute approximate surface area is 115 Å². The average molecular weight is 308 g/mol. The van der Waals surface area contributed by atoms with Gasteiger partial charge in [-0.3, -0.25) is 4.79 Å². The lowest BCUT2D eigenvalue weighted by molar-refractivity contribution is 0.101. The van der Waals surface area contributed by atoms with Gasteiger partial charge in [0.05, 0.1) is 7.11 Å². The Morgan fingerprint density at radius 1 is 1.39 bits per heavy atom. The zero-order valence-electron chi connectivity index (χ0n) is 10.3. The van der Waals surface area contributed by atoms with Crippen LogP contribution >= 0.6 is 15.9 Å². The maximum atomic E-state index is 11.2. The van der Waals surface area contributed by atoms with Gasteiger partial charge in [0.1, 0.15) is 5.75 Å². The van der Waals surface area contributed by atoms with Crippen LogP contribution in [-0.4, -0.2) is 17.5 Å². The van der Waals surface area contributed by atoms with Gasteiger partial charge in [-0.1, -0.05) is 15.9 Å². The molecule has 0 aliphatic heterocycles. The number of methoxy groups -OCH3 is 1. The first-order valence-electron chi connectivity index (χ1n) is 5.59. The summed E-state index contributed by atoms with van der Waals surface area (Å²) in [5, 5.41) is 0. The number of aromatic nitrogens is 1. The van der Waals surface area contributed by atoms with Gasteiger partial charge in [-0.05, 0) is 36.8 Å². The summed E-state index contributed by atoms with van der Waals surface area (Å²) >= 11 is 3.52. The molecule has 1 aromatic carbocycles. The molecule has 0 radical (unpaired) electrons. The molecule has 1 aromatic heterocycles. The highest BCUT2D eigenvalue weighted by molar-refractivity contribution is 9.10. The molecule has 0 aliphatic rings. The fourth-order valence-electron chi connectivity index (χ4n) is 1.74. The van der Waals surface area contributed by atoms with Crippen LogP contribution in [0.5, 0.6) is 5.75 Å². The summed E-state index contributed by atoms with van der Waals surface area (Å²) < 4.78 is 8.22. The standard InChI is InChI=1S/C14H14BrNO2/c1-10(17)11-5-6-16(8-11)9-12-7-13(18-2)3-4-14(12)15/h3-8H,9H2,1-2H3. The summed E-state index contributed by atoms with van der Waals surface area (Å²) in [6.45, 7) is 2.27. The molecular weight excluding hydrogens is 294 g/mol. The first-order chi connectivity index (χ1) is 8.60. The van der Waals surface area contributed by atoms with Gasteiger partial charge in [-0.15, -0.1) is 0 Å². The van der Waals surface area contributed by atoms with Crippen LogP contribution < -0.4 is 4.74 Å². The van der Waals surface area contributed by atoms with E-state index in [-0.39, 0.29) is 5.78 Å². The molecule has 0 atom stereocenters. The lowest BCUT2D eigenvalue weighted by Gasteiger charge is -2.08. The number of ketones is 1. The number of halogens is 1. The topological polar surface area (TPSA) is 31.2 Å². The van der Waals surface area contributed by atoms with E-state index in [9.17, 15) is 4.79 Å². The molecule has 18 heavy (non-hydrogen) atoms. The molecule has 0 fully saturated rings. The highest BCUT2D eigenvalue weighted by Gasteiger charge is 2.05. The minimum atomic E-state index is 0.0819. The fourth-order valence-corrected chi connectivity index (χ4v) is 2.12. The third kappa shape index (κ3) is 2.82. The van der Waals surface area contributed by atoms with Gasteiger partial charge < -0.3 is 9.30 Å². The minimum absolute atomic E-state index is 0.0819. The molecule has 2 rings (SSSR count). The van der Waals surface area contributed by atoms with Gasteiger partial charge in [0, 0.05) is 29.0 Å². The number of nitrogens with zero attached hydrogens (tertiary/aromatic N) is 1. The number of carbonyl (C=O) groups excluding carboxylic acids is 1. The molecule has 0 aliphatic carbocycles. The zero-order valence-corrected chi connectivity index (χ0v) is 11.9. The third-order valence-corrected chi connectivity index (χ3v) is 3.54. The van der Waals surface area contributed by atoms with Gasteiger partial charge in [-0.2, -0.15) is 0 Å². The summed E-state index contributed by atoms with van der Waals surface area (Å²) in [6, 6.07) is 7.68.